The lowest BCUT2D eigenvalue weighted by Crippen LogP contribution is -2.13. The Hall–Kier alpha value is -5.28. The zero-order chi connectivity index (χ0) is 36.4. The number of benzene rings is 4. The molecule has 0 heterocycles. The monoisotopic (exact) mass is 672 g/mol. The van der Waals surface area contributed by atoms with Gasteiger partial charge < -0.3 is 4.74 Å². The van der Waals surface area contributed by atoms with Crippen LogP contribution in [0.25, 0.3) is 22.7 Å². The van der Waals surface area contributed by atoms with E-state index in [9.17, 15) is 36.9 Å². The Labute approximate surface area is 282 Å². The van der Waals surface area contributed by atoms with Gasteiger partial charge in [-0.1, -0.05) is 126 Å². The highest BCUT2D eigenvalue weighted by Crippen LogP contribution is 2.44. The predicted molar refractivity (Wildman–Crippen MR) is 179 cm³/mol. The van der Waals surface area contributed by atoms with E-state index in [2.05, 4.69) is 0 Å². The molecule has 0 bridgehead atoms. The minimum Gasteiger partial charge on any atom is -0.453 e. The Kier molecular flexibility index (Phi) is 10.2. The van der Waals surface area contributed by atoms with Crippen molar-refractivity contribution in [3.63, 3.8) is 0 Å². The molecule has 0 radical (unpaired) electrons. The van der Waals surface area contributed by atoms with E-state index in [1.165, 1.54) is 12.1 Å². The molecule has 0 saturated carbocycles. The Balaban J connectivity index is 2.15. The van der Waals surface area contributed by atoms with Crippen LogP contribution in [-0.2, 0) is 27.9 Å². The maximum Gasteiger partial charge on any atom is 0.417 e. The van der Waals surface area contributed by atoms with Crippen LogP contribution < -0.4 is 0 Å². The lowest BCUT2D eigenvalue weighted by atomic mass is 9.86. The quantitative estimate of drug-likeness (QED) is 0.0886. The van der Waals surface area contributed by atoms with Crippen LogP contribution in [0.2, 0.25) is 0 Å². The largest absolute Gasteiger partial charge is 0.453 e. The second kappa shape index (κ2) is 13.7. The third-order valence-corrected chi connectivity index (χ3v) is 7.92. The number of halogens is 6. The number of ether oxygens (including phenoxy) is 1. The van der Waals surface area contributed by atoms with Crippen molar-refractivity contribution in [1.29, 1.82) is 10.5 Å². The van der Waals surface area contributed by atoms with Crippen LogP contribution in [0.1, 0.15) is 86.1 Å². The van der Waals surface area contributed by atoms with E-state index >= 15 is 0 Å². The van der Waals surface area contributed by atoms with Crippen molar-refractivity contribution >= 4 is 22.7 Å². The number of nitriles is 2. The molecule has 0 spiro atoms. The van der Waals surface area contributed by atoms with Crippen molar-refractivity contribution < 1.29 is 31.1 Å². The van der Waals surface area contributed by atoms with Crippen LogP contribution in [-0.4, -0.2) is 0 Å². The van der Waals surface area contributed by atoms with Gasteiger partial charge in [0.1, 0.15) is 23.3 Å². The standard InChI is InChI=1S/C40H34F6N2O/c1-37(2,3)27-19-15-25(16-20-27)31(23-47)35(29-11-7-9-13-33(29)39(41,42)43)49-36(30-12-8-10-14-34(30)40(44,45)46)32(24-48)26-17-21-28(22-18-26)38(4,5)6/h7-22H,1-6H3/b35-31+,36-32+. The summed E-state index contributed by atoms with van der Waals surface area (Å²) in [7, 11) is 0. The van der Waals surface area contributed by atoms with E-state index in [4.69, 9.17) is 4.74 Å². The molecule has 0 aromatic heterocycles. The van der Waals surface area contributed by atoms with Crippen LogP contribution in [0.4, 0.5) is 26.3 Å². The lowest BCUT2D eigenvalue weighted by Gasteiger charge is -2.23. The first-order chi connectivity index (χ1) is 22.8. The van der Waals surface area contributed by atoms with Crippen molar-refractivity contribution in [2.24, 2.45) is 0 Å². The summed E-state index contributed by atoms with van der Waals surface area (Å²) < 4.78 is 93.2. The van der Waals surface area contributed by atoms with Gasteiger partial charge in [-0.15, -0.1) is 0 Å². The first-order valence-electron chi connectivity index (χ1n) is 15.3. The van der Waals surface area contributed by atoms with Crippen LogP contribution in [0.5, 0.6) is 0 Å². The molecule has 252 valence electrons. The number of alkyl halides is 6. The summed E-state index contributed by atoms with van der Waals surface area (Å²) in [5.41, 5.74) is -2.80. The molecule has 0 N–H and O–H groups in total. The van der Waals surface area contributed by atoms with E-state index < -0.39 is 46.1 Å². The van der Waals surface area contributed by atoms with Crippen LogP contribution >= 0.6 is 0 Å². The fraction of sp³-hybridized carbons (Fsp3) is 0.250. The average Bonchev–Trinajstić information content (AvgIpc) is 3.03. The maximum atomic E-state index is 14.5. The number of hydrogen-bond acceptors (Lipinski definition) is 3. The topological polar surface area (TPSA) is 56.8 Å². The number of hydrogen-bond donors (Lipinski definition) is 0. The molecule has 49 heavy (non-hydrogen) atoms. The Morgan fingerprint density at radius 1 is 0.490 bits per heavy atom. The van der Waals surface area contributed by atoms with Crippen molar-refractivity contribution in [1.82, 2.24) is 0 Å². The summed E-state index contributed by atoms with van der Waals surface area (Å²) in [5.74, 6) is -1.32. The molecular weight excluding hydrogens is 638 g/mol. The summed E-state index contributed by atoms with van der Waals surface area (Å²) in [6.07, 6.45) is -9.87. The van der Waals surface area contributed by atoms with E-state index in [1.54, 1.807) is 48.5 Å². The van der Waals surface area contributed by atoms with Gasteiger partial charge in [0.15, 0.2) is 11.5 Å². The molecule has 9 heteroatoms. The normalized spacial score (nSPS) is 13.5. The molecule has 0 aliphatic rings. The Morgan fingerprint density at radius 3 is 1.06 bits per heavy atom. The summed E-state index contributed by atoms with van der Waals surface area (Å²) in [4.78, 5) is 0. The molecule has 0 atom stereocenters. The highest BCUT2D eigenvalue weighted by Gasteiger charge is 2.38. The van der Waals surface area contributed by atoms with E-state index in [-0.39, 0.29) is 33.1 Å². The highest BCUT2D eigenvalue weighted by atomic mass is 19.4. The summed E-state index contributed by atoms with van der Waals surface area (Å²) in [6, 6.07) is 25.6. The highest BCUT2D eigenvalue weighted by molar-refractivity contribution is 6.01. The van der Waals surface area contributed by atoms with Crippen molar-refractivity contribution in [3.8, 4) is 12.1 Å². The zero-order valence-corrected chi connectivity index (χ0v) is 27.8. The van der Waals surface area contributed by atoms with Gasteiger partial charge in [0.25, 0.3) is 0 Å². The van der Waals surface area contributed by atoms with E-state index in [1.807, 2.05) is 53.7 Å². The molecule has 3 nitrogen and oxygen atoms in total. The number of allylic oxidation sites excluding steroid dienone is 2. The molecule has 0 saturated heterocycles. The minimum atomic E-state index is -4.93. The van der Waals surface area contributed by atoms with Gasteiger partial charge in [0.2, 0.25) is 0 Å². The van der Waals surface area contributed by atoms with E-state index in [0.29, 0.717) is 0 Å². The number of rotatable bonds is 6. The average molecular weight is 673 g/mol. The molecule has 4 aromatic rings. The molecule has 0 aliphatic heterocycles. The van der Waals surface area contributed by atoms with Gasteiger partial charge in [-0.05, 0) is 45.2 Å². The Morgan fingerprint density at radius 2 is 0.796 bits per heavy atom. The van der Waals surface area contributed by atoms with Crippen molar-refractivity contribution in [2.45, 2.75) is 64.7 Å². The summed E-state index contributed by atoms with van der Waals surface area (Å²) in [6.45, 7) is 11.8. The molecule has 0 aliphatic carbocycles. The maximum absolute atomic E-state index is 14.5. The predicted octanol–water partition coefficient (Wildman–Crippen LogP) is 11.8. The molecule has 0 amide bonds. The fourth-order valence-corrected chi connectivity index (χ4v) is 5.21. The third-order valence-electron chi connectivity index (χ3n) is 7.92. The summed E-state index contributed by atoms with van der Waals surface area (Å²) >= 11 is 0. The Bertz CT molecular complexity index is 1830. The van der Waals surface area contributed by atoms with Gasteiger partial charge in [-0.3, -0.25) is 0 Å². The fourth-order valence-electron chi connectivity index (χ4n) is 5.21. The second-order valence-corrected chi connectivity index (χ2v) is 13.5. The second-order valence-electron chi connectivity index (χ2n) is 13.5. The molecule has 4 rings (SSSR count). The SMILES string of the molecule is CC(C)(C)c1ccc(/C(C#N)=C(/O/C(=C(\C#N)c2ccc(C(C)(C)C)cc2)c2ccccc2C(F)(F)F)c2ccccc2C(F)(F)F)cc1. The minimum absolute atomic E-state index is 0.166. The van der Waals surface area contributed by atoms with Crippen LogP contribution in [0.3, 0.4) is 0 Å². The molecule has 4 aromatic carbocycles. The van der Waals surface area contributed by atoms with Crippen molar-refractivity contribution in [2.75, 3.05) is 0 Å². The zero-order valence-electron chi connectivity index (χ0n) is 27.8. The molecular formula is C40H34F6N2O. The molecule has 0 unspecified atom stereocenters. The van der Waals surface area contributed by atoms with Gasteiger partial charge in [-0.2, -0.15) is 36.9 Å². The number of nitrogens with zero attached hydrogens (tertiary/aromatic N) is 2. The first kappa shape index (κ1) is 36.6. The van der Waals surface area contributed by atoms with Crippen LogP contribution in [0.15, 0.2) is 97.1 Å². The van der Waals surface area contributed by atoms with Gasteiger partial charge in [0, 0.05) is 11.1 Å². The lowest BCUT2D eigenvalue weighted by molar-refractivity contribution is -0.138. The van der Waals surface area contributed by atoms with E-state index in [0.717, 1.165) is 47.5 Å². The van der Waals surface area contributed by atoms with Crippen molar-refractivity contribution in [3.05, 3.63) is 142 Å². The third kappa shape index (κ3) is 8.24. The smallest absolute Gasteiger partial charge is 0.417 e. The molecule has 0 fully saturated rings. The van der Waals surface area contributed by atoms with Gasteiger partial charge >= 0.3 is 12.4 Å². The van der Waals surface area contributed by atoms with Crippen LogP contribution in [0, 0.1) is 22.7 Å². The van der Waals surface area contributed by atoms with Gasteiger partial charge in [-0.25, -0.2) is 0 Å². The van der Waals surface area contributed by atoms with Gasteiger partial charge in [0.05, 0.1) is 11.1 Å². The summed E-state index contributed by atoms with van der Waals surface area (Å²) in [5, 5.41) is 21.0. The first-order valence-corrected chi connectivity index (χ1v) is 15.3.